The SMILES string of the molecule is CCCNc1cccnc1S(=O)(=O)Nc1nccnn1. The lowest BCUT2D eigenvalue weighted by Crippen LogP contribution is -2.18. The average molecular weight is 294 g/mol. The van der Waals surface area contributed by atoms with Crippen molar-refractivity contribution in [2.75, 3.05) is 16.6 Å². The molecule has 9 heteroatoms. The van der Waals surface area contributed by atoms with E-state index in [9.17, 15) is 8.42 Å². The summed E-state index contributed by atoms with van der Waals surface area (Å²) in [5.41, 5.74) is 0.436. The molecule has 2 aromatic heterocycles. The van der Waals surface area contributed by atoms with E-state index in [0.29, 0.717) is 12.2 Å². The Balaban J connectivity index is 2.30. The number of nitrogens with zero attached hydrogens (tertiary/aromatic N) is 4. The number of rotatable bonds is 6. The van der Waals surface area contributed by atoms with Gasteiger partial charge in [0, 0.05) is 12.7 Å². The predicted octanol–water partition coefficient (Wildman–Crippen LogP) is 0.889. The summed E-state index contributed by atoms with van der Waals surface area (Å²) in [7, 11) is -3.86. The molecular formula is C11H14N6O2S. The Morgan fingerprint density at radius 3 is 2.75 bits per heavy atom. The van der Waals surface area contributed by atoms with Gasteiger partial charge in [0.1, 0.15) is 0 Å². The molecule has 106 valence electrons. The van der Waals surface area contributed by atoms with Gasteiger partial charge in [-0.1, -0.05) is 6.92 Å². The molecule has 2 N–H and O–H groups in total. The monoisotopic (exact) mass is 294 g/mol. The maximum Gasteiger partial charge on any atom is 0.283 e. The van der Waals surface area contributed by atoms with Crippen LogP contribution in [-0.2, 0) is 10.0 Å². The number of hydrogen-bond acceptors (Lipinski definition) is 7. The van der Waals surface area contributed by atoms with E-state index in [1.165, 1.54) is 18.6 Å². The second-order valence-electron chi connectivity index (χ2n) is 3.85. The molecule has 0 bridgehead atoms. The summed E-state index contributed by atoms with van der Waals surface area (Å²) in [6.07, 6.45) is 4.98. The van der Waals surface area contributed by atoms with Crippen LogP contribution in [0.15, 0.2) is 35.7 Å². The summed E-state index contributed by atoms with van der Waals surface area (Å²) >= 11 is 0. The molecule has 0 aromatic carbocycles. The van der Waals surface area contributed by atoms with Gasteiger partial charge in [0.2, 0.25) is 0 Å². The van der Waals surface area contributed by atoms with Crippen molar-refractivity contribution in [3.05, 3.63) is 30.7 Å². The topological polar surface area (TPSA) is 110 Å². The van der Waals surface area contributed by atoms with Crippen LogP contribution >= 0.6 is 0 Å². The number of anilines is 2. The second kappa shape index (κ2) is 6.24. The zero-order valence-corrected chi connectivity index (χ0v) is 11.6. The minimum Gasteiger partial charge on any atom is -0.383 e. The van der Waals surface area contributed by atoms with Gasteiger partial charge in [-0.2, -0.15) is 13.5 Å². The first-order chi connectivity index (χ1) is 9.63. The molecule has 8 nitrogen and oxygen atoms in total. The lowest BCUT2D eigenvalue weighted by atomic mass is 10.4. The molecule has 0 atom stereocenters. The molecule has 0 radical (unpaired) electrons. The van der Waals surface area contributed by atoms with Crippen molar-refractivity contribution in [3.8, 4) is 0 Å². The second-order valence-corrected chi connectivity index (χ2v) is 5.45. The van der Waals surface area contributed by atoms with Crippen LogP contribution in [0.5, 0.6) is 0 Å². The van der Waals surface area contributed by atoms with Crippen molar-refractivity contribution < 1.29 is 8.42 Å². The van der Waals surface area contributed by atoms with E-state index >= 15 is 0 Å². The number of pyridine rings is 1. The molecule has 0 spiro atoms. The van der Waals surface area contributed by atoms with Crippen LogP contribution < -0.4 is 10.0 Å². The lowest BCUT2D eigenvalue weighted by Gasteiger charge is -2.11. The van der Waals surface area contributed by atoms with Crippen LogP contribution in [0.3, 0.4) is 0 Å². The van der Waals surface area contributed by atoms with Gasteiger partial charge in [-0.3, -0.25) is 0 Å². The quantitative estimate of drug-likeness (QED) is 0.814. The lowest BCUT2D eigenvalue weighted by molar-refractivity contribution is 0.597. The Labute approximate surface area is 116 Å². The highest BCUT2D eigenvalue weighted by atomic mass is 32.2. The van der Waals surface area contributed by atoms with Crippen molar-refractivity contribution in [1.82, 2.24) is 20.2 Å². The average Bonchev–Trinajstić information content (AvgIpc) is 2.46. The highest BCUT2D eigenvalue weighted by Crippen LogP contribution is 2.19. The van der Waals surface area contributed by atoms with Crippen LogP contribution in [0, 0.1) is 0 Å². The molecule has 2 heterocycles. The Morgan fingerprint density at radius 1 is 1.20 bits per heavy atom. The number of nitrogens with one attached hydrogen (secondary N) is 2. The molecular weight excluding hydrogens is 280 g/mol. The third-order valence-corrected chi connectivity index (χ3v) is 3.59. The van der Waals surface area contributed by atoms with Crippen molar-refractivity contribution >= 4 is 21.7 Å². The fraction of sp³-hybridized carbons (Fsp3) is 0.273. The molecule has 0 unspecified atom stereocenters. The van der Waals surface area contributed by atoms with E-state index in [1.807, 2.05) is 6.92 Å². The Bertz CT molecular complexity index is 662. The number of hydrogen-bond donors (Lipinski definition) is 2. The van der Waals surface area contributed by atoms with E-state index in [2.05, 4.69) is 30.2 Å². The van der Waals surface area contributed by atoms with Gasteiger partial charge in [-0.05, 0) is 18.6 Å². The standard InChI is InChI=1S/C11H14N6O2S/c1-2-5-12-9-4-3-6-13-10(9)20(18,19)17-11-14-7-8-15-16-11/h3-4,6-8,12H,2,5H2,1H3,(H,14,16,17). The van der Waals surface area contributed by atoms with E-state index in [-0.39, 0.29) is 11.0 Å². The summed E-state index contributed by atoms with van der Waals surface area (Å²) in [5.74, 6) is -0.0976. The fourth-order valence-electron chi connectivity index (χ4n) is 1.46. The maximum atomic E-state index is 12.3. The van der Waals surface area contributed by atoms with Gasteiger partial charge in [0.15, 0.2) is 5.03 Å². The Hall–Kier alpha value is -2.29. The van der Waals surface area contributed by atoms with Gasteiger partial charge < -0.3 is 5.32 Å². The third kappa shape index (κ3) is 3.38. The first-order valence-electron chi connectivity index (χ1n) is 5.99. The molecule has 0 aliphatic heterocycles. The minimum absolute atomic E-state index is 0.0964. The van der Waals surface area contributed by atoms with E-state index in [4.69, 9.17) is 0 Å². The van der Waals surface area contributed by atoms with E-state index in [0.717, 1.165) is 6.42 Å². The molecule has 2 rings (SSSR count). The smallest absolute Gasteiger partial charge is 0.283 e. The van der Waals surface area contributed by atoms with Crippen molar-refractivity contribution in [2.45, 2.75) is 18.4 Å². The van der Waals surface area contributed by atoms with Crippen molar-refractivity contribution in [1.29, 1.82) is 0 Å². The molecule has 2 aromatic rings. The van der Waals surface area contributed by atoms with E-state index in [1.54, 1.807) is 12.1 Å². The first-order valence-corrected chi connectivity index (χ1v) is 7.47. The third-order valence-electron chi connectivity index (χ3n) is 2.30. The minimum atomic E-state index is -3.86. The highest BCUT2D eigenvalue weighted by molar-refractivity contribution is 7.92. The summed E-state index contributed by atoms with van der Waals surface area (Å²) in [5, 5.41) is 10.1. The van der Waals surface area contributed by atoms with Crippen LogP contribution in [0.2, 0.25) is 0 Å². The molecule has 20 heavy (non-hydrogen) atoms. The number of aromatic nitrogens is 4. The number of sulfonamides is 1. The largest absolute Gasteiger partial charge is 0.383 e. The van der Waals surface area contributed by atoms with Crippen LogP contribution in [-0.4, -0.2) is 35.1 Å². The van der Waals surface area contributed by atoms with Gasteiger partial charge in [0.05, 0.1) is 18.1 Å². The van der Waals surface area contributed by atoms with Crippen LogP contribution in [0.25, 0.3) is 0 Å². The Kier molecular flexibility index (Phi) is 4.41. The van der Waals surface area contributed by atoms with E-state index < -0.39 is 10.0 Å². The van der Waals surface area contributed by atoms with Crippen LogP contribution in [0.1, 0.15) is 13.3 Å². The molecule has 0 aliphatic carbocycles. The van der Waals surface area contributed by atoms with Crippen molar-refractivity contribution in [3.63, 3.8) is 0 Å². The maximum absolute atomic E-state index is 12.3. The molecule has 0 saturated heterocycles. The highest BCUT2D eigenvalue weighted by Gasteiger charge is 2.21. The van der Waals surface area contributed by atoms with Gasteiger partial charge >= 0.3 is 0 Å². The van der Waals surface area contributed by atoms with Gasteiger partial charge in [-0.15, -0.1) is 5.10 Å². The first kappa shape index (κ1) is 14.1. The molecule has 0 amide bonds. The van der Waals surface area contributed by atoms with Crippen LogP contribution in [0.4, 0.5) is 11.6 Å². The van der Waals surface area contributed by atoms with Gasteiger partial charge in [0.25, 0.3) is 16.0 Å². The summed E-state index contributed by atoms with van der Waals surface area (Å²) in [4.78, 5) is 7.68. The Morgan fingerprint density at radius 2 is 2.05 bits per heavy atom. The molecule has 0 fully saturated rings. The zero-order chi connectivity index (χ0) is 14.4. The normalized spacial score (nSPS) is 11.1. The zero-order valence-electron chi connectivity index (χ0n) is 10.8. The van der Waals surface area contributed by atoms with Gasteiger partial charge in [-0.25, -0.2) is 14.7 Å². The molecule has 0 saturated carbocycles. The summed E-state index contributed by atoms with van der Waals surface area (Å²) in [6, 6.07) is 3.32. The fourth-order valence-corrected chi connectivity index (χ4v) is 2.52. The molecule has 0 aliphatic rings. The van der Waals surface area contributed by atoms with Crippen molar-refractivity contribution in [2.24, 2.45) is 0 Å². The predicted molar refractivity (Wildman–Crippen MR) is 73.7 cm³/mol. The summed E-state index contributed by atoms with van der Waals surface area (Å²) < 4.78 is 26.8. The summed E-state index contributed by atoms with van der Waals surface area (Å²) in [6.45, 7) is 2.64.